The van der Waals surface area contributed by atoms with Crippen LogP contribution in [0.4, 0.5) is 0 Å². The van der Waals surface area contributed by atoms with Crippen LogP contribution < -0.4 is 4.74 Å². The number of hydrogen-bond donors (Lipinski definition) is 0. The maximum Gasteiger partial charge on any atom is 0.215 e. The van der Waals surface area contributed by atoms with E-state index in [-0.39, 0.29) is 11.5 Å². The lowest BCUT2D eigenvalue weighted by Crippen LogP contribution is -2.42. The molecule has 5 nitrogen and oxygen atoms in total. The molecule has 1 unspecified atom stereocenters. The first-order valence-electron chi connectivity index (χ1n) is 9.14. The lowest BCUT2D eigenvalue weighted by molar-refractivity contribution is 0.0918. The lowest BCUT2D eigenvalue weighted by atomic mass is 10.0. The van der Waals surface area contributed by atoms with Crippen molar-refractivity contribution in [2.24, 2.45) is 0 Å². The van der Waals surface area contributed by atoms with Crippen LogP contribution in [0, 0.1) is 6.92 Å². The van der Waals surface area contributed by atoms with Crippen LogP contribution in [0.3, 0.4) is 0 Å². The highest BCUT2D eigenvalue weighted by Gasteiger charge is 2.38. The summed E-state index contributed by atoms with van der Waals surface area (Å²) in [4.78, 5) is 13.0. The van der Waals surface area contributed by atoms with Crippen LogP contribution in [0.5, 0.6) is 5.75 Å². The third-order valence-electron chi connectivity index (χ3n) is 5.03. The van der Waals surface area contributed by atoms with Gasteiger partial charge in [0.15, 0.2) is 5.78 Å². The number of sulfonamides is 1. The Balaban J connectivity index is 1.75. The zero-order chi connectivity index (χ0) is 19.4. The van der Waals surface area contributed by atoms with E-state index in [0.717, 1.165) is 11.1 Å². The molecule has 0 aromatic heterocycles. The number of carbonyl (C=O) groups is 1. The minimum Gasteiger partial charge on any atom is -0.496 e. The van der Waals surface area contributed by atoms with Crippen molar-refractivity contribution >= 4 is 15.8 Å². The highest BCUT2D eigenvalue weighted by atomic mass is 32.2. The summed E-state index contributed by atoms with van der Waals surface area (Å²) in [6.45, 7) is 2.28. The number of hydrogen-bond acceptors (Lipinski definition) is 4. The van der Waals surface area contributed by atoms with Crippen LogP contribution in [-0.2, 0) is 16.4 Å². The summed E-state index contributed by atoms with van der Waals surface area (Å²) in [5.74, 6) is 0.592. The topological polar surface area (TPSA) is 63.7 Å². The van der Waals surface area contributed by atoms with Crippen LogP contribution in [0.2, 0.25) is 0 Å². The molecule has 0 bridgehead atoms. The van der Waals surface area contributed by atoms with Gasteiger partial charge in [0.25, 0.3) is 0 Å². The number of ketones is 1. The average Bonchev–Trinajstić information content (AvgIpc) is 3.17. The molecule has 0 amide bonds. The first-order chi connectivity index (χ1) is 12.9. The molecule has 1 atom stereocenters. The Bertz CT molecular complexity index is 909. The Hall–Kier alpha value is -2.18. The number of carbonyl (C=O) groups excluding carboxylic acids is 1. The minimum absolute atomic E-state index is 0.0163. The van der Waals surface area contributed by atoms with E-state index in [1.165, 1.54) is 4.31 Å². The second kappa shape index (κ2) is 8.23. The van der Waals surface area contributed by atoms with Gasteiger partial charge in [0.2, 0.25) is 10.0 Å². The van der Waals surface area contributed by atoms with E-state index in [4.69, 9.17) is 4.74 Å². The number of Topliss-reactive ketones (excluding diaryl/α,β-unsaturated/α-hetero) is 1. The fourth-order valence-electron chi connectivity index (χ4n) is 3.57. The Morgan fingerprint density at radius 3 is 2.59 bits per heavy atom. The lowest BCUT2D eigenvalue weighted by Gasteiger charge is -2.23. The molecule has 0 spiro atoms. The summed E-state index contributed by atoms with van der Waals surface area (Å²) in [6.07, 6.45) is 1.72. The molecule has 0 aliphatic carbocycles. The van der Waals surface area contributed by atoms with Crippen molar-refractivity contribution in [1.29, 1.82) is 0 Å². The molecular formula is C21H25NO4S. The van der Waals surface area contributed by atoms with Gasteiger partial charge in [0.05, 0.1) is 18.9 Å². The number of rotatable bonds is 7. The first-order valence-corrected chi connectivity index (χ1v) is 10.8. The van der Waals surface area contributed by atoms with Gasteiger partial charge in [-0.15, -0.1) is 0 Å². The number of methoxy groups -OCH3 is 1. The van der Waals surface area contributed by atoms with Crippen LogP contribution in [-0.4, -0.2) is 44.0 Å². The maximum absolute atomic E-state index is 13.0. The van der Waals surface area contributed by atoms with E-state index in [2.05, 4.69) is 0 Å². The molecule has 144 valence electrons. The third-order valence-corrected chi connectivity index (χ3v) is 6.91. The standard InChI is InChI=1S/C21H25NO4S/c1-16-15-18(10-11-20(16)26-2)21(23)19-9-6-13-22(19)27(24,25)14-12-17-7-4-3-5-8-17/h3-5,7-8,10-11,15,19H,6,9,12-14H2,1-2H3. The second-order valence-electron chi connectivity index (χ2n) is 6.87. The van der Waals surface area contributed by atoms with E-state index < -0.39 is 16.1 Å². The molecule has 6 heteroatoms. The summed E-state index contributed by atoms with van der Waals surface area (Å²) in [5, 5.41) is 0. The van der Waals surface area contributed by atoms with Gasteiger partial charge in [-0.1, -0.05) is 30.3 Å². The van der Waals surface area contributed by atoms with Crippen molar-refractivity contribution in [3.05, 3.63) is 65.2 Å². The summed E-state index contributed by atoms with van der Waals surface area (Å²) in [5.41, 5.74) is 2.37. The van der Waals surface area contributed by atoms with Crippen molar-refractivity contribution in [2.75, 3.05) is 19.4 Å². The van der Waals surface area contributed by atoms with Crippen molar-refractivity contribution in [2.45, 2.75) is 32.2 Å². The number of benzene rings is 2. The molecule has 2 aromatic carbocycles. The van der Waals surface area contributed by atoms with E-state index in [9.17, 15) is 13.2 Å². The smallest absolute Gasteiger partial charge is 0.215 e. The molecule has 1 fully saturated rings. The van der Waals surface area contributed by atoms with Gasteiger partial charge in [-0.2, -0.15) is 4.31 Å². The fourth-order valence-corrected chi connectivity index (χ4v) is 5.29. The summed E-state index contributed by atoms with van der Waals surface area (Å²) in [7, 11) is -1.91. The van der Waals surface area contributed by atoms with Crippen LogP contribution >= 0.6 is 0 Å². The molecule has 0 radical (unpaired) electrons. The van der Waals surface area contributed by atoms with E-state index in [1.807, 2.05) is 37.3 Å². The van der Waals surface area contributed by atoms with Crippen molar-refractivity contribution < 1.29 is 17.9 Å². The van der Waals surface area contributed by atoms with E-state index in [1.54, 1.807) is 25.3 Å². The number of ether oxygens (including phenoxy) is 1. The molecular weight excluding hydrogens is 362 g/mol. The molecule has 0 N–H and O–H groups in total. The SMILES string of the molecule is COc1ccc(C(=O)C2CCCN2S(=O)(=O)CCc2ccccc2)cc1C. The highest BCUT2D eigenvalue weighted by Crippen LogP contribution is 2.27. The molecule has 1 aliphatic heterocycles. The molecule has 1 saturated heterocycles. The molecule has 2 aromatic rings. The molecule has 3 rings (SSSR count). The van der Waals surface area contributed by atoms with Gasteiger partial charge in [0.1, 0.15) is 5.75 Å². The van der Waals surface area contributed by atoms with Crippen molar-refractivity contribution in [1.82, 2.24) is 4.31 Å². The Kier molecular flexibility index (Phi) is 5.97. The van der Waals surface area contributed by atoms with Crippen LogP contribution in [0.15, 0.2) is 48.5 Å². The molecule has 0 saturated carbocycles. The Morgan fingerprint density at radius 2 is 1.93 bits per heavy atom. The van der Waals surface area contributed by atoms with Gasteiger partial charge < -0.3 is 4.74 Å². The second-order valence-corrected chi connectivity index (χ2v) is 8.91. The molecule has 27 heavy (non-hydrogen) atoms. The van der Waals surface area contributed by atoms with Crippen molar-refractivity contribution in [3.8, 4) is 5.75 Å². The summed E-state index contributed by atoms with van der Waals surface area (Å²) < 4.78 is 32.4. The summed E-state index contributed by atoms with van der Waals surface area (Å²) >= 11 is 0. The van der Waals surface area contributed by atoms with E-state index >= 15 is 0 Å². The van der Waals surface area contributed by atoms with Gasteiger partial charge in [0, 0.05) is 12.1 Å². The number of nitrogens with zero attached hydrogens (tertiary/aromatic N) is 1. The quantitative estimate of drug-likeness (QED) is 0.685. The minimum atomic E-state index is -3.50. The highest BCUT2D eigenvalue weighted by molar-refractivity contribution is 7.89. The third kappa shape index (κ3) is 4.39. The molecule has 1 aliphatic rings. The van der Waals surface area contributed by atoms with Crippen LogP contribution in [0.25, 0.3) is 0 Å². The normalized spacial score (nSPS) is 17.8. The first kappa shape index (κ1) is 19.6. The average molecular weight is 388 g/mol. The van der Waals surface area contributed by atoms with Gasteiger partial charge in [-0.25, -0.2) is 8.42 Å². The van der Waals surface area contributed by atoms with Gasteiger partial charge >= 0.3 is 0 Å². The maximum atomic E-state index is 13.0. The predicted octanol–water partition coefficient (Wildman–Crippen LogP) is 3.22. The van der Waals surface area contributed by atoms with Crippen molar-refractivity contribution in [3.63, 3.8) is 0 Å². The van der Waals surface area contributed by atoms with Gasteiger partial charge in [-0.05, 0) is 55.5 Å². The zero-order valence-corrected chi connectivity index (χ0v) is 16.5. The van der Waals surface area contributed by atoms with E-state index in [0.29, 0.717) is 37.1 Å². The zero-order valence-electron chi connectivity index (χ0n) is 15.7. The molecule has 1 heterocycles. The fraction of sp³-hybridized carbons (Fsp3) is 0.381. The number of aryl methyl sites for hydroxylation is 2. The monoisotopic (exact) mass is 387 g/mol. The largest absolute Gasteiger partial charge is 0.496 e. The predicted molar refractivity (Wildman–Crippen MR) is 106 cm³/mol. The van der Waals surface area contributed by atoms with Gasteiger partial charge in [-0.3, -0.25) is 4.79 Å². The Morgan fingerprint density at radius 1 is 1.19 bits per heavy atom. The summed E-state index contributed by atoms with van der Waals surface area (Å²) in [6, 6.07) is 14.2. The van der Waals surface area contributed by atoms with Crippen LogP contribution in [0.1, 0.15) is 34.3 Å². The Labute approximate surface area is 161 Å².